The van der Waals surface area contributed by atoms with Crippen molar-refractivity contribution in [2.75, 3.05) is 60.0 Å². The number of aliphatic imine (C=N–C) groups is 1. The summed E-state index contributed by atoms with van der Waals surface area (Å²) in [4.78, 5) is 21.6. The maximum atomic E-state index is 13.0. The summed E-state index contributed by atoms with van der Waals surface area (Å²) in [5.74, 6) is 1.26. The third-order valence-electron chi connectivity index (χ3n) is 6.90. The van der Waals surface area contributed by atoms with E-state index in [-0.39, 0.29) is 11.9 Å². The Labute approximate surface area is 201 Å². The molecule has 3 aliphatic heterocycles. The molecule has 1 aromatic rings. The number of rotatable bonds is 7. The third-order valence-corrected chi connectivity index (χ3v) is 7.44. The average molecular weight is 478 g/mol. The fourth-order valence-electron chi connectivity index (χ4n) is 4.76. The largest absolute Gasteiger partial charge is 0.493 e. The van der Waals surface area contributed by atoms with E-state index >= 15 is 0 Å². The van der Waals surface area contributed by atoms with Gasteiger partial charge in [0.05, 0.1) is 70.8 Å². The van der Waals surface area contributed by atoms with Crippen LogP contribution in [-0.4, -0.2) is 96.8 Å². The lowest BCUT2D eigenvalue weighted by Gasteiger charge is -2.42. The number of thiol groups is 1. The molecular formula is C23H33N4O3S2+. The lowest BCUT2D eigenvalue weighted by Crippen LogP contribution is -2.57. The molecule has 0 unspecified atom stereocenters. The Kier molecular flexibility index (Phi) is 7.27. The van der Waals surface area contributed by atoms with Crippen LogP contribution in [0.15, 0.2) is 17.1 Å². The first kappa shape index (κ1) is 23.3. The van der Waals surface area contributed by atoms with Gasteiger partial charge in [-0.25, -0.2) is 0 Å². The second-order valence-electron chi connectivity index (χ2n) is 9.12. The standard InChI is InChI=1S/C23H32N4O3S2/c1-27(11-8-25(9-12-27)23(31)32)10-3-4-13-30-21-15-19-18(14-20(21)29-2)22(28)26-7-5-6-17(26)16-24-19/h14-17H,3-13H2,1-2H3/p+1/t17-/m0/s1. The summed E-state index contributed by atoms with van der Waals surface area (Å²) < 4.78 is 13.4. The number of amides is 1. The molecule has 7 nitrogen and oxygen atoms in total. The molecule has 174 valence electrons. The van der Waals surface area contributed by atoms with Crippen LogP contribution in [0.1, 0.15) is 36.0 Å². The van der Waals surface area contributed by atoms with Crippen molar-refractivity contribution in [1.82, 2.24) is 9.80 Å². The van der Waals surface area contributed by atoms with Crippen molar-refractivity contribution in [1.29, 1.82) is 0 Å². The third kappa shape index (κ3) is 5.05. The molecule has 2 saturated heterocycles. The van der Waals surface area contributed by atoms with Gasteiger partial charge in [-0.2, -0.15) is 0 Å². The first-order valence-corrected chi connectivity index (χ1v) is 12.3. The van der Waals surface area contributed by atoms with Crippen molar-refractivity contribution in [3.63, 3.8) is 0 Å². The minimum atomic E-state index is 0.0283. The van der Waals surface area contributed by atoms with E-state index in [0.29, 0.717) is 33.7 Å². The zero-order chi connectivity index (χ0) is 22.7. The maximum absolute atomic E-state index is 13.0. The number of benzene rings is 1. The van der Waals surface area contributed by atoms with Crippen LogP contribution in [0.3, 0.4) is 0 Å². The van der Waals surface area contributed by atoms with Crippen molar-refractivity contribution < 1.29 is 18.8 Å². The number of fused-ring (bicyclic) bond motifs is 2. The van der Waals surface area contributed by atoms with Crippen LogP contribution in [0.2, 0.25) is 0 Å². The summed E-state index contributed by atoms with van der Waals surface area (Å²) >= 11 is 9.48. The van der Waals surface area contributed by atoms with Crippen molar-refractivity contribution in [2.45, 2.75) is 31.7 Å². The number of likely N-dealkylation sites (N-methyl/N-ethyl adjacent to an activating group) is 1. The molecule has 9 heteroatoms. The number of nitrogens with zero attached hydrogens (tertiary/aromatic N) is 4. The predicted octanol–water partition coefficient (Wildman–Crippen LogP) is 3.15. The van der Waals surface area contributed by atoms with E-state index in [2.05, 4.69) is 29.6 Å². The Hall–Kier alpha value is -1.84. The smallest absolute Gasteiger partial charge is 0.256 e. The van der Waals surface area contributed by atoms with Crippen LogP contribution in [0.5, 0.6) is 11.5 Å². The van der Waals surface area contributed by atoms with Gasteiger partial charge < -0.3 is 23.8 Å². The molecule has 3 aliphatic rings. The fraction of sp³-hybridized carbons (Fsp3) is 0.609. The lowest BCUT2D eigenvalue weighted by atomic mass is 10.1. The number of carbonyl (C=O) groups is 1. The molecule has 0 aliphatic carbocycles. The van der Waals surface area contributed by atoms with E-state index in [1.165, 1.54) is 0 Å². The van der Waals surface area contributed by atoms with Crippen LogP contribution in [0.25, 0.3) is 0 Å². The zero-order valence-corrected chi connectivity index (χ0v) is 20.7. The maximum Gasteiger partial charge on any atom is 0.256 e. The van der Waals surface area contributed by atoms with Crippen molar-refractivity contribution in [2.24, 2.45) is 4.99 Å². The molecule has 1 amide bonds. The second-order valence-corrected chi connectivity index (χ2v) is 10.2. The molecule has 32 heavy (non-hydrogen) atoms. The zero-order valence-electron chi connectivity index (χ0n) is 19.0. The van der Waals surface area contributed by atoms with Gasteiger partial charge in [0.1, 0.15) is 4.32 Å². The molecule has 1 atom stereocenters. The number of piperazine rings is 1. The van der Waals surface area contributed by atoms with E-state index in [1.807, 2.05) is 17.2 Å². The minimum Gasteiger partial charge on any atom is -0.493 e. The Morgan fingerprint density at radius 1 is 1.25 bits per heavy atom. The molecule has 1 aromatic carbocycles. The second kappa shape index (κ2) is 9.97. The lowest BCUT2D eigenvalue weighted by molar-refractivity contribution is -0.913. The number of thiocarbonyl (C=S) groups is 1. The van der Waals surface area contributed by atoms with E-state index in [4.69, 9.17) is 21.7 Å². The highest BCUT2D eigenvalue weighted by molar-refractivity contribution is 8.10. The average Bonchev–Trinajstić information content (AvgIpc) is 3.21. The SMILES string of the molecule is COc1cc2c(cc1OCCCC[N+]1(C)CCN(C(=S)S)CC1)N=C[C@@H]1CCCN1C2=O. The Morgan fingerprint density at radius 2 is 2.03 bits per heavy atom. The Morgan fingerprint density at radius 3 is 2.75 bits per heavy atom. The van der Waals surface area contributed by atoms with Crippen LogP contribution in [0.4, 0.5) is 5.69 Å². The molecule has 3 heterocycles. The van der Waals surface area contributed by atoms with Crippen LogP contribution >= 0.6 is 24.8 Å². The van der Waals surface area contributed by atoms with Crippen LogP contribution in [0, 0.1) is 0 Å². The van der Waals surface area contributed by atoms with Gasteiger partial charge in [-0.15, -0.1) is 12.6 Å². The van der Waals surface area contributed by atoms with Gasteiger partial charge in [-0.1, -0.05) is 12.2 Å². The van der Waals surface area contributed by atoms with Gasteiger partial charge >= 0.3 is 0 Å². The molecule has 0 bridgehead atoms. The first-order chi connectivity index (χ1) is 15.4. The highest BCUT2D eigenvalue weighted by Crippen LogP contribution is 2.38. The summed E-state index contributed by atoms with van der Waals surface area (Å²) in [7, 11) is 3.93. The normalized spacial score (nSPS) is 21.7. The Balaban J connectivity index is 1.32. The summed E-state index contributed by atoms with van der Waals surface area (Å²) in [6.07, 6.45) is 5.94. The van der Waals surface area contributed by atoms with Gasteiger partial charge in [0, 0.05) is 18.8 Å². The fourth-order valence-corrected chi connectivity index (χ4v) is 5.14. The van der Waals surface area contributed by atoms with Crippen LogP contribution < -0.4 is 9.47 Å². The molecule has 0 saturated carbocycles. The highest BCUT2D eigenvalue weighted by atomic mass is 32.1. The van der Waals surface area contributed by atoms with E-state index < -0.39 is 0 Å². The molecule has 0 aromatic heterocycles. The van der Waals surface area contributed by atoms with Gasteiger partial charge in [-0.05, 0) is 31.7 Å². The van der Waals surface area contributed by atoms with Crippen molar-refractivity contribution in [3.05, 3.63) is 17.7 Å². The Bertz CT molecular complexity index is 899. The number of methoxy groups -OCH3 is 1. The number of carbonyl (C=O) groups excluding carboxylic acids is 1. The number of ether oxygens (including phenoxy) is 2. The summed E-state index contributed by atoms with van der Waals surface area (Å²) in [5.41, 5.74) is 1.25. The van der Waals surface area contributed by atoms with Crippen molar-refractivity contribution >= 4 is 47.0 Å². The molecule has 0 spiro atoms. The van der Waals surface area contributed by atoms with Gasteiger partial charge in [0.2, 0.25) is 0 Å². The molecule has 0 radical (unpaired) electrons. The molecule has 0 N–H and O–H groups in total. The van der Waals surface area contributed by atoms with E-state index in [9.17, 15) is 4.79 Å². The first-order valence-electron chi connectivity index (χ1n) is 11.4. The minimum absolute atomic E-state index is 0.0283. The van der Waals surface area contributed by atoms with Gasteiger partial charge in [0.15, 0.2) is 11.5 Å². The highest BCUT2D eigenvalue weighted by Gasteiger charge is 2.32. The van der Waals surface area contributed by atoms with Crippen molar-refractivity contribution in [3.8, 4) is 11.5 Å². The van der Waals surface area contributed by atoms with Gasteiger partial charge in [-0.3, -0.25) is 9.79 Å². The van der Waals surface area contributed by atoms with E-state index in [1.54, 1.807) is 13.2 Å². The predicted molar refractivity (Wildman–Crippen MR) is 134 cm³/mol. The molecular weight excluding hydrogens is 444 g/mol. The number of hydrogen-bond acceptors (Lipinski definition) is 5. The number of quaternary nitrogens is 1. The van der Waals surface area contributed by atoms with E-state index in [0.717, 1.165) is 69.4 Å². The topological polar surface area (TPSA) is 54.4 Å². The summed E-state index contributed by atoms with van der Waals surface area (Å²) in [6, 6.07) is 3.72. The molecule has 4 rings (SSSR count). The molecule has 2 fully saturated rings. The van der Waals surface area contributed by atoms with Crippen LogP contribution in [-0.2, 0) is 0 Å². The monoisotopic (exact) mass is 477 g/mol. The summed E-state index contributed by atoms with van der Waals surface area (Å²) in [5, 5.41) is 0. The number of unbranched alkanes of at least 4 members (excludes halogenated alkanes) is 1. The van der Waals surface area contributed by atoms with Gasteiger partial charge in [0.25, 0.3) is 5.91 Å². The quantitative estimate of drug-likeness (QED) is 0.283. The number of hydrogen-bond donors (Lipinski definition) is 1. The summed E-state index contributed by atoms with van der Waals surface area (Å²) in [6.45, 7) is 6.63.